The van der Waals surface area contributed by atoms with E-state index in [1.807, 2.05) is 30.3 Å². The van der Waals surface area contributed by atoms with Gasteiger partial charge in [-0.3, -0.25) is 0 Å². The Hall–Kier alpha value is -3.22. The van der Waals surface area contributed by atoms with Gasteiger partial charge in [0.25, 0.3) is 0 Å². The summed E-state index contributed by atoms with van der Waals surface area (Å²) in [4.78, 5) is 2.27. The molecule has 146 valence electrons. The molecule has 0 saturated carbocycles. The number of ether oxygens (including phenoxy) is 3. The van der Waals surface area contributed by atoms with Gasteiger partial charge in [0.05, 0.1) is 24.3 Å². The van der Waals surface area contributed by atoms with E-state index in [2.05, 4.69) is 24.8 Å². The summed E-state index contributed by atoms with van der Waals surface area (Å²) in [6.45, 7) is 7.85. The van der Waals surface area contributed by atoms with Crippen molar-refractivity contribution in [3.8, 4) is 23.6 Å². The standard InChI is InChI=1S/C22H25N3O3/c1-3-25(4-2)20-6-5-7-21(15-20)27-12-10-26-11-13-28-22-9-8-18(16-23)19(14-22)17-24/h5-9,14-15H,3-4,10-13H2,1-2H3. The van der Waals surface area contributed by atoms with E-state index in [0.717, 1.165) is 24.5 Å². The minimum Gasteiger partial charge on any atom is -0.491 e. The van der Waals surface area contributed by atoms with Crippen LogP contribution >= 0.6 is 0 Å². The molecule has 0 atom stereocenters. The third-order valence-electron chi connectivity index (χ3n) is 4.17. The van der Waals surface area contributed by atoms with Crippen LogP contribution in [0, 0.1) is 22.7 Å². The number of anilines is 1. The van der Waals surface area contributed by atoms with Crippen molar-refractivity contribution in [2.45, 2.75) is 13.8 Å². The molecule has 0 aromatic heterocycles. The predicted octanol–water partition coefficient (Wildman–Crippen LogP) is 3.75. The molecule has 0 aliphatic rings. The highest BCUT2D eigenvalue weighted by Crippen LogP contribution is 2.21. The lowest BCUT2D eigenvalue weighted by Crippen LogP contribution is -2.21. The molecular formula is C22H25N3O3. The lowest BCUT2D eigenvalue weighted by Gasteiger charge is -2.21. The van der Waals surface area contributed by atoms with Gasteiger partial charge in [-0.2, -0.15) is 10.5 Å². The van der Waals surface area contributed by atoms with E-state index >= 15 is 0 Å². The van der Waals surface area contributed by atoms with Gasteiger partial charge in [0, 0.05) is 24.8 Å². The maximum Gasteiger partial charge on any atom is 0.121 e. The number of benzene rings is 2. The zero-order valence-electron chi connectivity index (χ0n) is 16.4. The maximum absolute atomic E-state index is 9.01. The normalized spacial score (nSPS) is 10.0. The van der Waals surface area contributed by atoms with Gasteiger partial charge in [0.1, 0.15) is 36.9 Å². The zero-order valence-corrected chi connectivity index (χ0v) is 16.4. The first-order chi connectivity index (χ1) is 13.7. The maximum atomic E-state index is 9.01. The van der Waals surface area contributed by atoms with Crippen LogP contribution in [-0.4, -0.2) is 39.5 Å². The van der Waals surface area contributed by atoms with Gasteiger partial charge in [-0.1, -0.05) is 6.07 Å². The molecule has 2 aromatic rings. The topological polar surface area (TPSA) is 78.5 Å². The second-order valence-corrected chi connectivity index (χ2v) is 5.91. The van der Waals surface area contributed by atoms with Crippen molar-refractivity contribution in [1.82, 2.24) is 0 Å². The quantitative estimate of drug-likeness (QED) is 0.553. The van der Waals surface area contributed by atoms with Gasteiger partial charge < -0.3 is 19.1 Å². The Bertz CT molecular complexity index is 836. The minimum atomic E-state index is 0.307. The van der Waals surface area contributed by atoms with Crippen LogP contribution < -0.4 is 14.4 Å². The highest BCUT2D eigenvalue weighted by molar-refractivity contribution is 5.50. The third kappa shape index (κ3) is 6.19. The second-order valence-electron chi connectivity index (χ2n) is 5.91. The Kier molecular flexibility index (Phi) is 8.65. The fraction of sp³-hybridized carbons (Fsp3) is 0.364. The van der Waals surface area contributed by atoms with E-state index in [0.29, 0.717) is 43.3 Å². The number of hydrogen-bond acceptors (Lipinski definition) is 6. The Labute approximate surface area is 166 Å². The molecule has 0 spiro atoms. The third-order valence-corrected chi connectivity index (χ3v) is 4.17. The van der Waals surface area contributed by atoms with Crippen LogP contribution in [0.2, 0.25) is 0 Å². The van der Waals surface area contributed by atoms with Crippen LogP contribution in [0.4, 0.5) is 5.69 Å². The Morgan fingerprint density at radius 1 is 0.786 bits per heavy atom. The molecular weight excluding hydrogens is 354 g/mol. The fourth-order valence-electron chi connectivity index (χ4n) is 2.70. The van der Waals surface area contributed by atoms with E-state index in [-0.39, 0.29) is 0 Å². The average molecular weight is 379 g/mol. The predicted molar refractivity (Wildman–Crippen MR) is 108 cm³/mol. The van der Waals surface area contributed by atoms with Gasteiger partial charge >= 0.3 is 0 Å². The molecule has 0 bridgehead atoms. The molecule has 0 fully saturated rings. The van der Waals surface area contributed by atoms with Crippen LogP contribution in [0.3, 0.4) is 0 Å². The van der Waals surface area contributed by atoms with Crippen molar-refractivity contribution < 1.29 is 14.2 Å². The number of nitriles is 2. The molecule has 0 N–H and O–H groups in total. The molecule has 0 unspecified atom stereocenters. The molecule has 0 aliphatic carbocycles. The Morgan fingerprint density at radius 2 is 1.43 bits per heavy atom. The Balaban J connectivity index is 1.67. The molecule has 0 aliphatic heterocycles. The number of rotatable bonds is 11. The molecule has 0 amide bonds. The minimum absolute atomic E-state index is 0.307. The summed E-state index contributed by atoms with van der Waals surface area (Å²) < 4.78 is 16.8. The van der Waals surface area contributed by atoms with Gasteiger partial charge in [-0.05, 0) is 44.2 Å². The molecule has 6 nitrogen and oxygen atoms in total. The van der Waals surface area contributed by atoms with E-state index < -0.39 is 0 Å². The van der Waals surface area contributed by atoms with Gasteiger partial charge in [-0.15, -0.1) is 0 Å². The van der Waals surface area contributed by atoms with Gasteiger partial charge in [0.2, 0.25) is 0 Å². The SMILES string of the molecule is CCN(CC)c1cccc(OCCOCCOc2ccc(C#N)c(C#N)c2)c1. The first-order valence-corrected chi connectivity index (χ1v) is 9.34. The summed E-state index contributed by atoms with van der Waals surface area (Å²) in [6.07, 6.45) is 0. The summed E-state index contributed by atoms with van der Waals surface area (Å²) in [5.74, 6) is 1.37. The first-order valence-electron chi connectivity index (χ1n) is 9.34. The van der Waals surface area contributed by atoms with E-state index in [1.165, 1.54) is 0 Å². The summed E-state index contributed by atoms with van der Waals surface area (Å²) in [6, 6.07) is 16.8. The van der Waals surface area contributed by atoms with Crippen LogP contribution in [0.1, 0.15) is 25.0 Å². The number of hydrogen-bond donors (Lipinski definition) is 0. The number of nitrogens with zero attached hydrogens (tertiary/aromatic N) is 3. The zero-order chi connectivity index (χ0) is 20.2. The average Bonchev–Trinajstić information content (AvgIpc) is 2.74. The van der Waals surface area contributed by atoms with Gasteiger partial charge in [-0.25, -0.2) is 0 Å². The summed E-state index contributed by atoms with van der Waals surface area (Å²) in [5.41, 5.74) is 1.80. The lowest BCUT2D eigenvalue weighted by atomic mass is 10.1. The molecule has 0 saturated heterocycles. The van der Waals surface area contributed by atoms with Crippen LogP contribution in [-0.2, 0) is 4.74 Å². The van der Waals surface area contributed by atoms with Crippen LogP contribution in [0.25, 0.3) is 0 Å². The van der Waals surface area contributed by atoms with E-state index in [9.17, 15) is 0 Å². The Morgan fingerprint density at radius 3 is 2.04 bits per heavy atom. The highest BCUT2D eigenvalue weighted by atomic mass is 16.5. The van der Waals surface area contributed by atoms with Crippen molar-refractivity contribution in [3.63, 3.8) is 0 Å². The van der Waals surface area contributed by atoms with Crippen LogP contribution in [0.15, 0.2) is 42.5 Å². The lowest BCUT2D eigenvalue weighted by molar-refractivity contribution is 0.0764. The van der Waals surface area contributed by atoms with Gasteiger partial charge in [0.15, 0.2) is 0 Å². The monoisotopic (exact) mass is 379 g/mol. The highest BCUT2D eigenvalue weighted by Gasteiger charge is 2.04. The fourth-order valence-corrected chi connectivity index (χ4v) is 2.70. The van der Waals surface area contributed by atoms with Crippen LogP contribution in [0.5, 0.6) is 11.5 Å². The molecule has 0 radical (unpaired) electrons. The second kappa shape index (κ2) is 11.5. The van der Waals surface area contributed by atoms with Crippen molar-refractivity contribution in [2.75, 3.05) is 44.4 Å². The first kappa shape index (κ1) is 21.1. The molecule has 28 heavy (non-hydrogen) atoms. The van der Waals surface area contributed by atoms with Crippen molar-refractivity contribution in [2.24, 2.45) is 0 Å². The van der Waals surface area contributed by atoms with E-state index in [4.69, 9.17) is 24.7 Å². The molecule has 6 heteroatoms. The molecule has 0 heterocycles. The summed E-state index contributed by atoms with van der Waals surface area (Å²) >= 11 is 0. The van der Waals surface area contributed by atoms with Crippen molar-refractivity contribution >= 4 is 5.69 Å². The smallest absolute Gasteiger partial charge is 0.121 e. The largest absolute Gasteiger partial charge is 0.491 e. The summed E-state index contributed by atoms with van der Waals surface area (Å²) in [5, 5.41) is 17.9. The molecule has 2 rings (SSSR count). The van der Waals surface area contributed by atoms with Crippen molar-refractivity contribution in [3.05, 3.63) is 53.6 Å². The summed E-state index contributed by atoms with van der Waals surface area (Å²) in [7, 11) is 0. The molecule has 2 aromatic carbocycles. The van der Waals surface area contributed by atoms with E-state index in [1.54, 1.807) is 18.2 Å². The van der Waals surface area contributed by atoms with Crippen molar-refractivity contribution in [1.29, 1.82) is 10.5 Å².